The van der Waals surface area contributed by atoms with Crippen molar-refractivity contribution in [3.05, 3.63) is 53.7 Å². The van der Waals surface area contributed by atoms with Crippen LogP contribution in [0.3, 0.4) is 0 Å². The van der Waals surface area contributed by atoms with Crippen molar-refractivity contribution < 1.29 is 9.84 Å². The van der Waals surface area contributed by atoms with Crippen LogP contribution >= 0.6 is 0 Å². The van der Waals surface area contributed by atoms with Crippen LogP contribution in [0.2, 0.25) is 0 Å². The van der Waals surface area contributed by atoms with E-state index < -0.39 is 0 Å². The van der Waals surface area contributed by atoms with Gasteiger partial charge in [0.25, 0.3) is 0 Å². The van der Waals surface area contributed by atoms with Crippen molar-refractivity contribution in [1.82, 2.24) is 4.98 Å². The minimum Gasteiger partial charge on any atom is -0.439 e. The lowest BCUT2D eigenvalue weighted by molar-refractivity contribution is 0.276. The van der Waals surface area contributed by atoms with Crippen molar-refractivity contribution in [2.45, 2.75) is 19.6 Å². The van der Waals surface area contributed by atoms with Gasteiger partial charge in [-0.2, -0.15) is 0 Å². The molecule has 0 bridgehead atoms. The van der Waals surface area contributed by atoms with Gasteiger partial charge in [0.15, 0.2) is 0 Å². The van der Waals surface area contributed by atoms with Crippen molar-refractivity contribution in [3.63, 3.8) is 0 Å². The zero-order chi connectivity index (χ0) is 13.0. The number of para-hydroxylation sites is 1. The van der Waals surface area contributed by atoms with E-state index in [0.717, 1.165) is 11.1 Å². The Morgan fingerprint density at radius 2 is 2.06 bits per heavy atom. The Labute approximate surface area is 106 Å². The van der Waals surface area contributed by atoms with Crippen LogP contribution in [0.15, 0.2) is 42.6 Å². The Bertz CT molecular complexity index is 509. The Kier molecular flexibility index (Phi) is 3.92. The Hall–Kier alpha value is -1.91. The van der Waals surface area contributed by atoms with E-state index in [2.05, 4.69) is 4.98 Å². The SMILES string of the molecule is C[C@@H](N)c1ccc(Oc2ccccc2CO)nc1. The molecule has 0 saturated carbocycles. The van der Waals surface area contributed by atoms with E-state index >= 15 is 0 Å². The predicted octanol–water partition coefficient (Wildman–Crippen LogP) is 2.39. The zero-order valence-electron chi connectivity index (χ0n) is 10.2. The summed E-state index contributed by atoms with van der Waals surface area (Å²) >= 11 is 0. The molecule has 0 fully saturated rings. The number of nitrogens with zero attached hydrogens (tertiary/aromatic N) is 1. The van der Waals surface area contributed by atoms with Gasteiger partial charge < -0.3 is 15.6 Å². The Morgan fingerprint density at radius 1 is 1.28 bits per heavy atom. The summed E-state index contributed by atoms with van der Waals surface area (Å²) in [6.45, 7) is 1.84. The van der Waals surface area contributed by atoms with E-state index in [4.69, 9.17) is 10.5 Å². The number of hydrogen-bond acceptors (Lipinski definition) is 4. The topological polar surface area (TPSA) is 68.4 Å². The molecule has 4 heteroatoms. The van der Waals surface area contributed by atoms with Crippen molar-refractivity contribution >= 4 is 0 Å². The summed E-state index contributed by atoms with van der Waals surface area (Å²) in [5.74, 6) is 1.10. The summed E-state index contributed by atoms with van der Waals surface area (Å²) in [5.41, 5.74) is 7.44. The Morgan fingerprint density at radius 3 is 2.67 bits per heavy atom. The summed E-state index contributed by atoms with van der Waals surface area (Å²) in [4.78, 5) is 4.19. The third kappa shape index (κ3) is 2.85. The number of ether oxygens (including phenoxy) is 1. The van der Waals surface area contributed by atoms with Crippen LogP contribution in [0.25, 0.3) is 0 Å². The maximum absolute atomic E-state index is 9.20. The number of hydrogen-bond donors (Lipinski definition) is 2. The predicted molar refractivity (Wildman–Crippen MR) is 69.3 cm³/mol. The minimum absolute atomic E-state index is 0.0451. The molecule has 0 radical (unpaired) electrons. The van der Waals surface area contributed by atoms with Gasteiger partial charge in [0.05, 0.1) is 6.61 Å². The van der Waals surface area contributed by atoms with Crippen LogP contribution < -0.4 is 10.5 Å². The molecule has 3 N–H and O–H groups in total. The first kappa shape index (κ1) is 12.5. The fourth-order valence-corrected chi connectivity index (χ4v) is 1.57. The van der Waals surface area contributed by atoms with E-state index in [1.54, 1.807) is 18.3 Å². The van der Waals surface area contributed by atoms with E-state index in [1.165, 1.54) is 0 Å². The summed E-state index contributed by atoms with van der Waals surface area (Å²) in [7, 11) is 0. The van der Waals surface area contributed by atoms with Gasteiger partial charge in [-0.1, -0.05) is 24.3 Å². The van der Waals surface area contributed by atoms with Gasteiger partial charge >= 0.3 is 0 Å². The molecule has 0 aliphatic carbocycles. The largest absolute Gasteiger partial charge is 0.439 e. The maximum Gasteiger partial charge on any atom is 0.219 e. The lowest BCUT2D eigenvalue weighted by Gasteiger charge is -2.10. The average molecular weight is 244 g/mol. The molecule has 0 aliphatic rings. The second-order valence-electron chi connectivity index (χ2n) is 4.09. The first-order valence-electron chi connectivity index (χ1n) is 5.79. The van der Waals surface area contributed by atoms with E-state index in [0.29, 0.717) is 11.6 Å². The van der Waals surface area contributed by atoms with Crippen molar-refractivity contribution in [3.8, 4) is 11.6 Å². The third-order valence-electron chi connectivity index (χ3n) is 2.64. The first-order valence-corrected chi connectivity index (χ1v) is 5.79. The highest BCUT2D eigenvalue weighted by Crippen LogP contribution is 2.24. The lowest BCUT2D eigenvalue weighted by atomic mass is 10.2. The van der Waals surface area contributed by atoms with Gasteiger partial charge in [-0.3, -0.25) is 0 Å². The van der Waals surface area contributed by atoms with Crippen LogP contribution in [-0.2, 0) is 6.61 Å². The molecule has 1 aromatic carbocycles. The molecule has 0 unspecified atom stereocenters. The van der Waals surface area contributed by atoms with Crippen LogP contribution in [0.1, 0.15) is 24.1 Å². The summed E-state index contributed by atoms with van der Waals surface area (Å²) in [6, 6.07) is 10.9. The highest BCUT2D eigenvalue weighted by molar-refractivity contribution is 5.35. The molecule has 4 nitrogen and oxygen atoms in total. The average Bonchev–Trinajstić information content (AvgIpc) is 2.40. The second kappa shape index (κ2) is 5.62. The number of nitrogens with two attached hydrogens (primary N) is 1. The van der Waals surface area contributed by atoms with Crippen LogP contribution in [0.5, 0.6) is 11.6 Å². The lowest BCUT2D eigenvalue weighted by Crippen LogP contribution is -2.05. The van der Waals surface area contributed by atoms with Crippen LogP contribution in [0.4, 0.5) is 0 Å². The number of pyridine rings is 1. The number of benzene rings is 1. The normalized spacial score (nSPS) is 12.2. The van der Waals surface area contributed by atoms with Gasteiger partial charge in [0.2, 0.25) is 5.88 Å². The summed E-state index contributed by atoms with van der Waals surface area (Å²) in [6.07, 6.45) is 1.70. The van der Waals surface area contributed by atoms with Crippen molar-refractivity contribution in [2.24, 2.45) is 5.73 Å². The molecule has 0 aliphatic heterocycles. The molecular formula is C14H16N2O2. The van der Waals surface area contributed by atoms with Crippen molar-refractivity contribution in [1.29, 1.82) is 0 Å². The summed E-state index contributed by atoms with van der Waals surface area (Å²) in [5, 5.41) is 9.20. The smallest absolute Gasteiger partial charge is 0.219 e. The van der Waals surface area contributed by atoms with Crippen molar-refractivity contribution in [2.75, 3.05) is 0 Å². The fourth-order valence-electron chi connectivity index (χ4n) is 1.57. The number of aliphatic hydroxyl groups is 1. The second-order valence-corrected chi connectivity index (χ2v) is 4.09. The minimum atomic E-state index is -0.0614. The molecule has 2 rings (SSSR count). The number of aliphatic hydroxyl groups excluding tert-OH is 1. The molecule has 94 valence electrons. The van der Waals surface area contributed by atoms with Gasteiger partial charge in [0.1, 0.15) is 5.75 Å². The molecule has 1 atom stereocenters. The molecule has 1 aromatic heterocycles. The molecule has 1 heterocycles. The van der Waals surface area contributed by atoms with Crippen LogP contribution in [0, 0.1) is 0 Å². The molecule has 0 amide bonds. The van der Waals surface area contributed by atoms with E-state index in [1.807, 2.05) is 31.2 Å². The van der Waals surface area contributed by atoms with Crippen LogP contribution in [-0.4, -0.2) is 10.1 Å². The number of aromatic nitrogens is 1. The molecule has 0 saturated heterocycles. The molecular weight excluding hydrogens is 228 g/mol. The van der Waals surface area contributed by atoms with Gasteiger partial charge in [-0.05, 0) is 18.6 Å². The van der Waals surface area contributed by atoms with Gasteiger partial charge in [-0.15, -0.1) is 0 Å². The molecule has 2 aromatic rings. The van der Waals surface area contributed by atoms with Gasteiger partial charge in [-0.25, -0.2) is 4.98 Å². The molecule has 18 heavy (non-hydrogen) atoms. The number of rotatable bonds is 4. The Balaban J connectivity index is 2.18. The molecule has 0 spiro atoms. The monoisotopic (exact) mass is 244 g/mol. The standard InChI is InChI=1S/C14H16N2O2/c1-10(15)11-6-7-14(16-8-11)18-13-5-3-2-4-12(13)9-17/h2-8,10,17H,9,15H2,1H3/t10-/m1/s1. The maximum atomic E-state index is 9.20. The third-order valence-corrected chi connectivity index (χ3v) is 2.64. The zero-order valence-corrected chi connectivity index (χ0v) is 10.2. The summed E-state index contributed by atoms with van der Waals surface area (Å²) < 4.78 is 5.62. The highest BCUT2D eigenvalue weighted by Gasteiger charge is 2.05. The van der Waals surface area contributed by atoms with E-state index in [-0.39, 0.29) is 12.6 Å². The van der Waals surface area contributed by atoms with Gasteiger partial charge in [0, 0.05) is 23.9 Å². The van der Waals surface area contributed by atoms with E-state index in [9.17, 15) is 5.11 Å². The quantitative estimate of drug-likeness (QED) is 0.866. The first-order chi connectivity index (χ1) is 8.70. The fraction of sp³-hybridized carbons (Fsp3) is 0.214. The highest BCUT2D eigenvalue weighted by atomic mass is 16.5.